The standard InChI is InChI=1S/C14H20N2O5/c1-5-15-11(14(17)20-4)8-21-13-7-12(16(18)19)9(2)6-10(13)3/h6-7,11,15H,5,8H2,1-4H3. The molecule has 0 saturated carbocycles. The van der Waals surface area contributed by atoms with E-state index in [1.165, 1.54) is 13.2 Å². The lowest BCUT2D eigenvalue weighted by molar-refractivity contribution is -0.385. The van der Waals surface area contributed by atoms with Gasteiger partial charge in [0, 0.05) is 5.56 Å². The van der Waals surface area contributed by atoms with Crippen molar-refractivity contribution >= 4 is 11.7 Å². The molecule has 1 unspecified atom stereocenters. The number of benzene rings is 1. The van der Waals surface area contributed by atoms with Gasteiger partial charge in [-0.05, 0) is 32.0 Å². The van der Waals surface area contributed by atoms with E-state index in [4.69, 9.17) is 4.74 Å². The molecule has 7 heteroatoms. The highest BCUT2D eigenvalue weighted by molar-refractivity contribution is 5.75. The number of ether oxygens (including phenoxy) is 2. The highest BCUT2D eigenvalue weighted by Gasteiger charge is 2.20. The van der Waals surface area contributed by atoms with E-state index in [9.17, 15) is 14.9 Å². The third-order valence-corrected chi connectivity index (χ3v) is 3.03. The largest absolute Gasteiger partial charge is 0.491 e. The number of nitrogens with one attached hydrogen (secondary N) is 1. The van der Waals surface area contributed by atoms with Crippen LogP contribution in [0.25, 0.3) is 0 Å². The zero-order valence-corrected chi connectivity index (χ0v) is 12.6. The van der Waals surface area contributed by atoms with E-state index in [-0.39, 0.29) is 12.3 Å². The summed E-state index contributed by atoms with van der Waals surface area (Å²) >= 11 is 0. The topological polar surface area (TPSA) is 90.7 Å². The molecule has 0 amide bonds. The van der Waals surface area contributed by atoms with Gasteiger partial charge in [-0.1, -0.05) is 6.92 Å². The van der Waals surface area contributed by atoms with Crippen molar-refractivity contribution in [2.24, 2.45) is 0 Å². The molecule has 0 bridgehead atoms. The van der Waals surface area contributed by atoms with Crippen LogP contribution >= 0.6 is 0 Å². The fraction of sp³-hybridized carbons (Fsp3) is 0.500. The summed E-state index contributed by atoms with van der Waals surface area (Å²) in [6.45, 7) is 5.95. The maximum atomic E-state index is 11.6. The Balaban J connectivity index is 2.89. The van der Waals surface area contributed by atoms with Gasteiger partial charge in [0.25, 0.3) is 5.69 Å². The third kappa shape index (κ3) is 4.42. The summed E-state index contributed by atoms with van der Waals surface area (Å²) in [7, 11) is 1.30. The number of nitro benzene ring substituents is 1. The van der Waals surface area contributed by atoms with E-state index >= 15 is 0 Å². The van der Waals surface area contributed by atoms with Gasteiger partial charge in [-0.2, -0.15) is 0 Å². The summed E-state index contributed by atoms with van der Waals surface area (Å²) in [6.07, 6.45) is 0. The second kappa shape index (κ2) is 7.58. The Morgan fingerprint density at radius 1 is 1.38 bits per heavy atom. The number of esters is 1. The number of methoxy groups -OCH3 is 1. The minimum atomic E-state index is -0.611. The van der Waals surface area contributed by atoms with Crippen LogP contribution in [0.4, 0.5) is 5.69 Å². The minimum absolute atomic E-state index is 0.00586. The first-order valence-corrected chi connectivity index (χ1v) is 6.60. The molecule has 0 aliphatic rings. The van der Waals surface area contributed by atoms with Crippen molar-refractivity contribution in [3.05, 3.63) is 33.4 Å². The molecule has 0 radical (unpaired) electrons. The summed E-state index contributed by atoms with van der Waals surface area (Å²) in [5, 5.41) is 13.9. The Bertz CT molecular complexity index is 530. The lowest BCUT2D eigenvalue weighted by Crippen LogP contribution is -2.42. The second-order valence-corrected chi connectivity index (χ2v) is 4.61. The van der Waals surface area contributed by atoms with Crippen molar-refractivity contribution in [3.8, 4) is 5.75 Å². The minimum Gasteiger partial charge on any atom is -0.491 e. The van der Waals surface area contributed by atoms with Crippen LogP contribution in [-0.4, -0.2) is 37.2 Å². The SMILES string of the molecule is CCNC(COc1cc([N+](=O)[O-])c(C)cc1C)C(=O)OC. The van der Waals surface area contributed by atoms with Gasteiger partial charge in [-0.25, -0.2) is 0 Å². The number of carbonyl (C=O) groups is 1. The van der Waals surface area contributed by atoms with Crippen molar-refractivity contribution in [1.82, 2.24) is 5.32 Å². The predicted molar refractivity (Wildman–Crippen MR) is 77.5 cm³/mol. The lowest BCUT2D eigenvalue weighted by Gasteiger charge is -2.17. The maximum absolute atomic E-state index is 11.6. The van der Waals surface area contributed by atoms with E-state index < -0.39 is 16.9 Å². The zero-order valence-electron chi connectivity index (χ0n) is 12.6. The summed E-state index contributed by atoms with van der Waals surface area (Å²) in [5.41, 5.74) is 1.34. The van der Waals surface area contributed by atoms with Crippen LogP contribution < -0.4 is 10.1 Å². The maximum Gasteiger partial charge on any atom is 0.326 e. The van der Waals surface area contributed by atoms with E-state index in [0.29, 0.717) is 17.9 Å². The fourth-order valence-corrected chi connectivity index (χ4v) is 1.95. The molecule has 1 rings (SSSR count). The Labute approximate surface area is 123 Å². The Morgan fingerprint density at radius 3 is 2.57 bits per heavy atom. The fourth-order valence-electron chi connectivity index (χ4n) is 1.95. The molecule has 7 nitrogen and oxygen atoms in total. The van der Waals surface area contributed by atoms with Crippen LogP contribution in [0.2, 0.25) is 0 Å². The van der Waals surface area contributed by atoms with Crippen LogP contribution in [-0.2, 0) is 9.53 Å². The normalized spacial score (nSPS) is 11.8. The van der Waals surface area contributed by atoms with E-state index in [2.05, 4.69) is 10.1 Å². The molecular weight excluding hydrogens is 276 g/mol. The number of nitro groups is 1. The molecule has 1 aromatic carbocycles. The zero-order chi connectivity index (χ0) is 16.0. The van der Waals surface area contributed by atoms with Crippen molar-refractivity contribution in [2.75, 3.05) is 20.3 Å². The van der Waals surface area contributed by atoms with E-state index in [1.54, 1.807) is 19.9 Å². The molecular formula is C14H20N2O5. The predicted octanol–water partition coefficient (Wildman–Crippen LogP) is 1.74. The van der Waals surface area contributed by atoms with Crippen LogP contribution in [0.5, 0.6) is 5.75 Å². The quantitative estimate of drug-likeness (QED) is 0.468. The van der Waals surface area contributed by atoms with Crippen molar-refractivity contribution in [1.29, 1.82) is 0 Å². The van der Waals surface area contributed by atoms with Crippen molar-refractivity contribution in [3.63, 3.8) is 0 Å². The lowest BCUT2D eigenvalue weighted by atomic mass is 10.1. The Hall–Kier alpha value is -2.15. The number of likely N-dealkylation sites (N-methyl/N-ethyl adjacent to an activating group) is 1. The number of nitrogens with zero attached hydrogens (tertiary/aromatic N) is 1. The third-order valence-electron chi connectivity index (χ3n) is 3.03. The highest BCUT2D eigenvalue weighted by Crippen LogP contribution is 2.28. The average Bonchev–Trinajstić information content (AvgIpc) is 2.43. The highest BCUT2D eigenvalue weighted by atomic mass is 16.6. The number of rotatable bonds is 7. The van der Waals surface area contributed by atoms with E-state index in [1.807, 2.05) is 6.92 Å². The molecule has 1 aromatic rings. The summed E-state index contributed by atoms with van der Waals surface area (Å²) in [4.78, 5) is 22.1. The summed E-state index contributed by atoms with van der Waals surface area (Å²) < 4.78 is 10.2. The summed E-state index contributed by atoms with van der Waals surface area (Å²) in [5.74, 6) is -0.0461. The first-order valence-electron chi connectivity index (χ1n) is 6.60. The van der Waals surface area contributed by atoms with Crippen molar-refractivity contribution in [2.45, 2.75) is 26.8 Å². The van der Waals surface area contributed by atoms with Gasteiger partial charge in [0.2, 0.25) is 0 Å². The molecule has 0 fully saturated rings. The Kier molecular flexibility index (Phi) is 6.10. The van der Waals surface area contributed by atoms with Crippen LogP contribution in [0.1, 0.15) is 18.1 Å². The summed E-state index contributed by atoms with van der Waals surface area (Å²) in [6, 6.07) is 2.46. The van der Waals surface area contributed by atoms with Gasteiger partial charge in [0.15, 0.2) is 0 Å². The van der Waals surface area contributed by atoms with Crippen LogP contribution in [0.3, 0.4) is 0 Å². The van der Waals surface area contributed by atoms with Gasteiger partial charge >= 0.3 is 5.97 Å². The molecule has 0 heterocycles. The van der Waals surface area contributed by atoms with Gasteiger partial charge in [-0.15, -0.1) is 0 Å². The monoisotopic (exact) mass is 296 g/mol. The van der Waals surface area contributed by atoms with Crippen LogP contribution in [0, 0.1) is 24.0 Å². The average molecular weight is 296 g/mol. The number of aryl methyl sites for hydroxylation is 2. The van der Waals surface area contributed by atoms with Gasteiger partial charge < -0.3 is 14.8 Å². The molecule has 116 valence electrons. The molecule has 0 saturated heterocycles. The molecule has 1 N–H and O–H groups in total. The number of hydrogen-bond donors (Lipinski definition) is 1. The molecule has 0 aromatic heterocycles. The first kappa shape index (κ1) is 16.9. The van der Waals surface area contributed by atoms with Crippen LogP contribution in [0.15, 0.2) is 12.1 Å². The molecule has 0 aliphatic carbocycles. The Morgan fingerprint density at radius 2 is 2.05 bits per heavy atom. The van der Waals surface area contributed by atoms with Crippen molar-refractivity contribution < 1.29 is 19.2 Å². The first-order chi connectivity index (χ1) is 9.90. The van der Waals surface area contributed by atoms with Gasteiger partial charge in [-0.3, -0.25) is 14.9 Å². The molecule has 0 spiro atoms. The molecule has 21 heavy (non-hydrogen) atoms. The number of hydrogen-bond acceptors (Lipinski definition) is 6. The smallest absolute Gasteiger partial charge is 0.326 e. The van der Waals surface area contributed by atoms with E-state index in [0.717, 1.165) is 5.56 Å². The molecule has 0 aliphatic heterocycles. The van der Waals surface area contributed by atoms with Gasteiger partial charge in [0.1, 0.15) is 18.4 Å². The van der Waals surface area contributed by atoms with Gasteiger partial charge in [0.05, 0.1) is 18.1 Å². The number of carbonyl (C=O) groups excluding carboxylic acids is 1. The second-order valence-electron chi connectivity index (χ2n) is 4.61. The molecule has 1 atom stereocenters.